The number of anilines is 1. The molecule has 1 unspecified atom stereocenters. The second-order valence-corrected chi connectivity index (χ2v) is 4.12. The lowest BCUT2D eigenvalue weighted by atomic mass is 10.1. The van der Waals surface area contributed by atoms with E-state index in [0.717, 1.165) is 38.2 Å². The molecule has 1 aromatic rings. The molecule has 0 amide bonds. The first kappa shape index (κ1) is 11.1. The summed E-state index contributed by atoms with van der Waals surface area (Å²) in [6.07, 6.45) is 3.57. The average molecular weight is 220 g/mol. The second kappa shape index (κ2) is 5.07. The highest BCUT2D eigenvalue weighted by Gasteiger charge is 2.22. The van der Waals surface area contributed by atoms with Crippen LogP contribution in [-0.4, -0.2) is 38.1 Å². The Morgan fingerprint density at radius 3 is 3.12 bits per heavy atom. The fraction of sp³-hybridized carbons (Fsp3) is 0.500. The van der Waals surface area contributed by atoms with Crippen LogP contribution >= 0.6 is 0 Å². The molecule has 1 aromatic heterocycles. The van der Waals surface area contributed by atoms with E-state index in [9.17, 15) is 4.79 Å². The summed E-state index contributed by atoms with van der Waals surface area (Å²) in [7, 11) is 1.74. The van der Waals surface area contributed by atoms with Gasteiger partial charge in [-0.2, -0.15) is 0 Å². The van der Waals surface area contributed by atoms with Crippen molar-refractivity contribution in [2.24, 2.45) is 5.92 Å². The quantitative estimate of drug-likeness (QED) is 0.719. The minimum atomic E-state index is 0.595. The highest BCUT2D eigenvalue weighted by Crippen LogP contribution is 2.21. The van der Waals surface area contributed by atoms with Crippen molar-refractivity contribution in [1.82, 2.24) is 4.98 Å². The van der Waals surface area contributed by atoms with E-state index in [1.807, 2.05) is 6.07 Å². The summed E-state index contributed by atoms with van der Waals surface area (Å²) < 4.78 is 5.15. The first-order valence-corrected chi connectivity index (χ1v) is 5.48. The number of aromatic nitrogens is 1. The standard InChI is InChI=1S/C12H16N2O2/c1-16-9-11-4-5-14(7-11)12-3-2-10(8-15)6-13-12/h2-3,6,8,11H,4-5,7,9H2,1H3. The van der Waals surface area contributed by atoms with Crippen LogP contribution in [-0.2, 0) is 4.74 Å². The van der Waals surface area contributed by atoms with Gasteiger partial charge >= 0.3 is 0 Å². The van der Waals surface area contributed by atoms with Crippen molar-refractivity contribution in [3.8, 4) is 0 Å². The molecule has 0 spiro atoms. The van der Waals surface area contributed by atoms with E-state index >= 15 is 0 Å². The van der Waals surface area contributed by atoms with Crippen molar-refractivity contribution in [3.63, 3.8) is 0 Å². The number of pyridine rings is 1. The van der Waals surface area contributed by atoms with Crippen LogP contribution in [0, 0.1) is 5.92 Å². The van der Waals surface area contributed by atoms with Gasteiger partial charge in [-0.3, -0.25) is 4.79 Å². The van der Waals surface area contributed by atoms with Crippen LogP contribution in [0.2, 0.25) is 0 Å². The molecule has 0 radical (unpaired) electrons. The monoisotopic (exact) mass is 220 g/mol. The van der Waals surface area contributed by atoms with Gasteiger partial charge in [-0.05, 0) is 18.6 Å². The van der Waals surface area contributed by atoms with Gasteiger partial charge in [-0.15, -0.1) is 0 Å². The van der Waals surface area contributed by atoms with Gasteiger partial charge in [0.2, 0.25) is 0 Å². The lowest BCUT2D eigenvalue weighted by Gasteiger charge is -2.17. The largest absolute Gasteiger partial charge is 0.384 e. The molecule has 0 aromatic carbocycles. The van der Waals surface area contributed by atoms with E-state index in [1.165, 1.54) is 0 Å². The Hall–Kier alpha value is -1.42. The lowest BCUT2D eigenvalue weighted by molar-refractivity contribution is 0.112. The van der Waals surface area contributed by atoms with Crippen LogP contribution in [0.15, 0.2) is 18.3 Å². The zero-order valence-corrected chi connectivity index (χ0v) is 9.43. The summed E-state index contributed by atoms with van der Waals surface area (Å²) in [5.74, 6) is 1.54. The van der Waals surface area contributed by atoms with E-state index < -0.39 is 0 Å². The maximum absolute atomic E-state index is 10.5. The average Bonchev–Trinajstić information content (AvgIpc) is 2.78. The summed E-state index contributed by atoms with van der Waals surface area (Å²) in [6, 6.07) is 3.71. The Kier molecular flexibility index (Phi) is 3.51. The summed E-state index contributed by atoms with van der Waals surface area (Å²) in [5, 5.41) is 0. The third-order valence-corrected chi connectivity index (χ3v) is 2.92. The number of aldehydes is 1. The van der Waals surface area contributed by atoms with Gasteiger partial charge in [-0.1, -0.05) is 0 Å². The Morgan fingerprint density at radius 2 is 2.50 bits per heavy atom. The van der Waals surface area contributed by atoms with Gasteiger partial charge in [0.15, 0.2) is 6.29 Å². The highest BCUT2D eigenvalue weighted by molar-refractivity contribution is 5.74. The molecule has 1 fully saturated rings. The fourth-order valence-corrected chi connectivity index (χ4v) is 2.07. The van der Waals surface area contributed by atoms with E-state index in [2.05, 4.69) is 9.88 Å². The highest BCUT2D eigenvalue weighted by atomic mass is 16.5. The predicted molar refractivity (Wildman–Crippen MR) is 61.8 cm³/mol. The van der Waals surface area contributed by atoms with Crippen molar-refractivity contribution in [2.75, 3.05) is 31.7 Å². The molecule has 1 saturated heterocycles. The minimum absolute atomic E-state index is 0.595. The molecule has 0 bridgehead atoms. The topological polar surface area (TPSA) is 42.4 Å². The molecule has 2 rings (SSSR count). The predicted octanol–water partition coefficient (Wildman–Crippen LogP) is 1.37. The van der Waals surface area contributed by atoms with Gasteiger partial charge in [0.25, 0.3) is 0 Å². The zero-order chi connectivity index (χ0) is 11.4. The minimum Gasteiger partial charge on any atom is -0.384 e. The zero-order valence-electron chi connectivity index (χ0n) is 9.43. The van der Waals surface area contributed by atoms with E-state index in [1.54, 1.807) is 19.4 Å². The van der Waals surface area contributed by atoms with Gasteiger partial charge in [-0.25, -0.2) is 4.98 Å². The van der Waals surface area contributed by atoms with Crippen molar-refractivity contribution >= 4 is 12.1 Å². The molecule has 4 heteroatoms. The van der Waals surface area contributed by atoms with E-state index in [4.69, 9.17) is 4.74 Å². The van der Waals surface area contributed by atoms with Crippen molar-refractivity contribution in [2.45, 2.75) is 6.42 Å². The number of rotatable bonds is 4. The first-order valence-electron chi connectivity index (χ1n) is 5.48. The SMILES string of the molecule is COCC1CCN(c2ccc(C=O)cn2)C1. The Morgan fingerprint density at radius 1 is 1.62 bits per heavy atom. The molecule has 1 atom stereocenters. The molecule has 0 aliphatic carbocycles. The smallest absolute Gasteiger partial charge is 0.151 e. The van der Waals surface area contributed by atoms with E-state index in [-0.39, 0.29) is 0 Å². The van der Waals surface area contributed by atoms with Crippen LogP contribution in [0.25, 0.3) is 0 Å². The molecule has 0 N–H and O–H groups in total. The molecule has 16 heavy (non-hydrogen) atoms. The van der Waals surface area contributed by atoms with Gasteiger partial charge < -0.3 is 9.64 Å². The van der Waals surface area contributed by atoms with Crippen molar-refractivity contribution in [3.05, 3.63) is 23.9 Å². The van der Waals surface area contributed by atoms with Gasteiger partial charge in [0, 0.05) is 37.9 Å². The Bertz CT molecular complexity index is 351. The number of methoxy groups -OCH3 is 1. The second-order valence-electron chi connectivity index (χ2n) is 4.12. The molecular weight excluding hydrogens is 204 g/mol. The maximum Gasteiger partial charge on any atom is 0.151 e. The maximum atomic E-state index is 10.5. The molecular formula is C12H16N2O2. The van der Waals surface area contributed by atoms with Gasteiger partial charge in [0.1, 0.15) is 5.82 Å². The lowest BCUT2D eigenvalue weighted by Crippen LogP contribution is -2.21. The Balaban J connectivity index is 2.00. The molecule has 1 aliphatic heterocycles. The summed E-state index contributed by atoms with van der Waals surface area (Å²) in [4.78, 5) is 17.0. The molecule has 86 valence electrons. The molecule has 4 nitrogen and oxygen atoms in total. The fourth-order valence-electron chi connectivity index (χ4n) is 2.07. The number of nitrogens with zero attached hydrogens (tertiary/aromatic N) is 2. The molecule has 0 saturated carbocycles. The number of hydrogen-bond donors (Lipinski definition) is 0. The third-order valence-electron chi connectivity index (χ3n) is 2.92. The first-order chi connectivity index (χ1) is 7.83. The molecule has 1 aliphatic rings. The van der Waals surface area contributed by atoms with Crippen LogP contribution in [0.1, 0.15) is 16.8 Å². The number of carbonyl (C=O) groups excluding carboxylic acids is 1. The van der Waals surface area contributed by atoms with E-state index in [0.29, 0.717) is 11.5 Å². The number of carbonyl (C=O) groups is 1. The van der Waals surface area contributed by atoms with Crippen LogP contribution in [0.4, 0.5) is 5.82 Å². The van der Waals surface area contributed by atoms with Crippen LogP contribution in [0.3, 0.4) is 0 Å². The van der Waals surface area contributed by atoms with Crippen molar-refractivity contribution in [1.29, 1.82) is 0 Å². The normalized spacial score (nSPS) is 20.1. The van der Waals surface area contributed by atoms with Gasteiger partial charge in [0.05, 0.1) is 6.61 Å². The molecule has 2 heterocycles. The summed E-state index contributed by atoms with van der Waals surface area (Å²) in [6.45, 7) is 2.81. The Labute approximate surface area is 95.2 Å². The van der Waals surface area contributed by atoms with Crippen LogP contribution in [0.5, 0.6) is 0 Å². The van der Waals surface area contributed by atoms with Crippen LogP contribution < -0.4 is 4.90 Å². The number of ether oxygens (including phenoxy) is 1. The summed E-state index contributed by atoms with van der Waals surface area (Å²) >= 11 is 0. The van der Waals surface area contributed by atoms with Crippen molar-refractivity contribution < 1.29 is 9.53 Å². The number of hydrogen-bond acceptors (Lipinski definition) is 4. The summed E-state index contributed by atoms with van der Waals surface area (Å²) in [5.41, 5.74) is 0.622. The third kappa shape index (κ3) is 2.39.